The van der Waals surface area contributed by atoms with Crippen LogP contribution in [-0.2, 0) is 0 Å². The molecule has 0 spiro atoms. The zero-order valence-electron chi connectivity index (χ0n) is 29.4. The summed E-state index contributed by atoms with van der Waals surface area (Å²) in [6, 6.07) is 72.4. The average Bonchev–Trinajstić information content (AvgIpc) is 3.60. The molecule has 2 nitrogen and oxygen atoms in total. The summed E-state index contributed by atoms with van der Waals surface area (Å²) in [6.45, 7) is 0. The van der Waals surface area contributed by atoms with Crippen LogP contribution in [0.1, 0.15) is 0 Å². The van der Waals surface area contributed by atoms with Gasteiger partial charge in [-0.15, -0.1) is 0 Å². The Morgan fingerprint density at radius 1 is 0.315 bits per heavy atom. The second-order valence-electron chi connectivity index (χ2n) is 14.1. The highest BCUT2D eigenvalue weighted by Crippen LogP contribution is 2.46. The van der Waals surface area contributed by atoms with Gasteiger partial charge in [-0.05, 0) is 114 Å². The molecule has 0 N–H and O–H groups in total. The fraction of sp³-hybridized carbons (Fsp3) is 0. The van der Waals surface area contributed by atoms with E-state index < -0.39 is 0 Å². The normalized spacial score (nSPS) is 11.7. The number of nitrogens with zero attached hydrogens (tertiary/aromatic N) is 1. The molecule has 11 aromatic rings. The van der Waals surface area contributed by atoms with Crippen molar-refractivity contribution < 1.29 is 4.42 Å². The van der Waals surface area contributed by atoms with Crippen LogP contribution in [0, 0.1) is 0 Å². The summed E-state index contributed by atoms with van der Waals surface area (Å²) < 4.78 is 6.53. The third-order valence-electron chi connectivity index (χ3n) is 11.0. The minimum atomic E-state index is 0.887. The van der Waals surface area contributed by atoms with Gasteiger partial charge in [-0.3, -0.25) is 0 Å². The Balaban J connectivity index is 1.08. The molecule has 2 heteroatoms. The van der Waals surface area contributed by atoms with Gasteiger partial charge < -0.3 is 9.32 Å². The first kappa shape index (κ1) is 30.5. The van der Waals surface area contributed by atoms with Gasteiger partial charge in [0.1, 0.15) is 11.2 Å². The van der Waals surface area contributed by atoms with Crippen molar-refractivity contribution in [1.29, 1.82) is 0 Å². The topological polar surface area (TPSA) is 16.4 Å². The van der Waals surface area contributed by atoms with Crippen molar-refractivity contribution in [3.05, 3.63) is 200 Å². The number of rotatable bonds is 5. The lowest BCUT2D eigenvalue weighted by Crippen LogP contribution is -2.11. The Kier molecular flexibility index (Phi) is 6.90. The molecule has 0 atom stereocenters. The summed E-state index contributed by atoms with van der Waals surface area (Å²) in [4.78, 5) is 2.40. The van der Waals surface area contributed by atoms with Crippen LogP contribution >= 0.6 is 0 Å². The first-order valence-corrected chi connectivity index (χ1v) is 18.5. The van der Waals surface area contributed by atoms with E-state index in [9.17, 15) is 0 Å². The molecule has 1 heterocycles. The summed E-state index contributed by atoms with van der Waals surface area (Å²) >= 11 is 0. The van der Waals surface area contributed by atoms with E-state index in [1.165, 1.54) is 54.2 Å². The highest BCUT2D eigenvalue weighted by Gasteiger charge is 2.21. The van der Waals surface area contributed by atoms with Gasteiger partial charge in [0.2, 0.25) is 0 Å². The molecular weight excluding hydrogens is 655 g/mol. The van der Waals surface area contributed by atoms with E-state index in [-0.39, 0.29) is 0 Å². The molecular formula is C52H33NO. The molecule has 0 saturated carbocycles. The average molecular weight is 688 g/mol. The summed E-state index contributed by atoms with van der Waals surface area (Å²) in [5, 5.41) is 12.1. The van der Waals surface area contributed by atoms with E-state index in [2.05, 4.69) is 205 Å². The van der Waals surface area contributed by atoms with Crippen molar-refractivity contribution >= 4 is 82.1 Å². The monoisotopic (exact) mass is 687 g/mol. The van der Waals surface area contributed by atoms with Crippen LogP contribution in [0.15, 0.2) is 205 Å². The van der Waals surface area contributed by atoms with Crippen LogP contribution in [0.4, 0.5) is 17.1 Å². The molecule has 0 bridgehead atoms. The van der Waals surface area contributed by atoms with Crippen molar-refractivity contribution in [2.24, 2.45) is 0 Å². The fourth-order valence-electron chi connectivity index (χ4n) is 8.37. The van der Waals surface area contributed by atoms with Crippen LogP contribution in [-0.4, -0.2) is 0 Å². The maximum absolute atomic E-state index is 6.53. The second-order valence-corrected chi connectivity index (χ2v) is 14.1. The highest BCUT2D eigenvalue weighted by molar-refractivity contribution is 6.17. The molecule has 0 aliphatic rings. The standard InChI is InChI=1S/C52H33NO/c1-2-12-37-31-43(28-24-34(37)10-1)53(42-26-22-35(23-27-42)40-25-29-45-41(30-40)21-20-36-11-5-6-15-44(36)45)49-18-8-7-16-46(49)47-17-9-19-50-52(47)48-32-38-13-3-4-14-39(38)33-51(48)54-50/h1-33H. The van der Waals surface area contributed by atoms with Crippen molar-refractivity contribution in [3.8, 4) is 22.3 Å². The predicted molar refractivity (Wildman–Crippen MR) is 229 cm³/mol. The number of anilines is 3. The maximum atomic E-state index is 6.53. The number of fused-ring (bicyclic) bond motifs is 8. The minimum absolute atomic E-state index is 0.887. The smallest absolute Gasteiger partial charge is 0.136 e. The van der Waals surface area contributed by atoms with E-state index in [1.807, 2.05) is 0 Å². The number of hydrogen-bond donors (Lipinski definition) is 0. The first-order valence-electron chi connectivity index (χ1n) is 18.5. The van der Waals surface area contributed by atoms with Gasteiger partial charge in [0.15, 0.2) is 0 Å². The number of hydrogen-bond acceptors (Lipinski definition) is 2. The lowest BCUT2D eigenvalue weighted by molar-refractivity contribution is 0.669. The molecule has 10 aromatic carbocycles. The third-order valence-corrected chi connectivity index (χ3v) is 11.0. The highest BCUT2D eigenvalue weighted by atomic mass is 16.3. The molecule has 0 saturated heterocycles. The molecule has 0 radical (unpaired) electrons. The second kappa shape index (κ2) is 12.2. The fourth-order valence-corrected chi connectivity index (χ4v) is 8.37. The number of furan rings is 1. The van der Waals surface area contributed by atoms with Gasteiger partial charge in [-0.1, -0.05) is 146 Å². The predicted octanol–water partition coefficient (Wildman–Crippen LogP) is 15.0. The lowest BCUT2D eigenvalue weighted by atomic mass is 9.95. The van der Waals surface area contributed by atoms with Crippen molar-refractivity contribution in [3.63, 3.8) is 0 Å². The molecule has 0 amide bonds. The van der Waals surface area contributed by atoms with Crippen molar-refractivity contribution in [1.82, 2.24) is 0 Å². The Hall–Kier alpha value is -7.16. The Bertz CT molecular complexity index is 3230. The zero-order chi connectivity index (χ0) is 35.6. The van der Waals surface area contributed by atoms with E-state index in [4.69, 9.17) is 4.42 Å². The van der Waals surface area contributed by atoms with Gasteiger partial charge >= 0.3 is 0 Å². The molecule has 0 unspecified atom stereocenters. The molecule has 0 fully saturated rings. The van der Waals surface area contributed by atoms with Gasteiger partial charge in [-0.25, -0.2) is 0 Å². The summed E-state index contributed by atoms with van der Waals surface area (Å²) in [5.41, 5.74) is 9.73. The molecule has 1 aromatic heterocycles. The van der Waals surface area contributed by atoms with Crippen LogP contribution in [0.25, 0.3) is 87.3 Å². The summed E-state index contributed by atoms with van der Waals surface area (Å²) in [5.74, 6) is 0. The van der Waals surface area contributed by atoms with Crippen molar-refractivity contribution in [2.45, 2.75) is 0 Å². The van der Waals surface area contributed by atoms with E-state index in [0.717, 1.165) is 50.1 Å². The number of para-hydroxylation sites is 1. The molecule has 0 aliphatic heterocycles. The van der Waals surface area contributed by atoms with Crippen LogP contribution in [0.3, 0.4) is 0 Å². The van der Waals surface area contributed by atoms with Crippen LogP contribution < -0.4 is 4.90 Å². The Labute approximate surface area is 312 Å². The van der Waals surface area contributed by atoms with Gasteiger partial charge in [0.25, 0.3) is 0 Å². The van der Waals surface area contributed by atoms with E-state index >= 15 is 0 Å². The first-order chi connectivity index (χ1) is 26.7. The molecule has 252 valence electrons. The molecule has 11 rings (SSSR count). The quantitative estimate of drug-likeness (QED) is 0.168. The van der Waals surface area contributed by atoms with E-state index in [1.54, 1.807) is 0 Å². The van der Waals surface area contributed by atoms with Gasteiger partial charge in [-0.2, -0.15) is 0 Å². The van der Waals surface area contributed by atoms with Crippen LogP contribution in [0.5, 0.6) is 0 Å². The Morgan fingerprint density at radius 2 is 0.926 bits per heavy atom. The van der Waals surface area contributed by atoms with Crippen molar-refractivity contribution in [2.75, 3.05) is 4.90 Å². The maximum Gasteiger partial charge on any atom is 0.136 e. The third kappa shape index (κ3) is 4.96. The summed E-state index contributed by atoms with van der Waals surface area (Å²) in [7, 11) is 0. The Morgan fingerprint density at radius 3 is 1.78 bits per heavy atom. The van der Waals surface area contributed by atoms with Gasteiger partial charge in [0.05, 0.1) is 5.69 Å². The number of benzene rings is 10. The molecule has 54 heavy (non-hydrogen) atoms. The summed E-state index contributed by atoms with van der Waals surface area (Å²) in [6.07, 6.45) is 0. The minimum Gasteiger partial charge on any atom is -0.456 e. The van der Waals surface area contributed by atoms with Gasteiger partial charge in [0, 0.05) is 27.7 Å². The largest absolute Gasteiger partial charge is 0.456 e. The lowest BCUT2D eigenvalue weighted by Gasteiger charge is -2.28. The van der Waals surface area contributed by atoms with E-state index in [0.29, 0.717) is 0 Å². The SMILES string of the molecule is c1ccc(N(c2ccc(-c3ccc4c(ccc5ccccc54)c3)cc2)c2ccc3ccccc3c2)c(-c2cccc3oc4cc5ccccc5cc4c23)c1. The molecule has 0 aliphatic carbocycles. The zero-order valence-corrected chi connectivity index (χ0v) is 29.4. The van der Waals surface area contributed by atoms with Crippen LogP contribution in [0.2, 0.25) is 0 Å².